The number of carbonyl (C=O) groups is 1. The van der Waals surface area contributed by atoms with Crippen molar-refractivity contribution in [2.45, 2.75) is 64.8 Å². The van der Waals surface area contributed by atoms with Gasteiger partial charge in [-0.05, 0) is 40.2 Å². The lowest BCUT2D eigenvalue weighted by Crippen LogP contribution is -2.51. The Labute approximate surface area is 148 Å². The molecule has 0 unspecified atom stereocenters. The van der Waals surface area contributed by atoms with Crippen LogP contribution in [0, 0.1) is 0 Å². The van der Waals surface area contributed by atoms with Gasteiger partial charge in [-0.2, -0.15) is 13.2 Å². The number of carboxylic acids is 1. The predicted molar refractivity (Wildman–Crippen MR) is 88.7 cm³/mol. The topological polar surface area (TPSA) is 101 Å². The number of aliphatic carboxylic acids is 1. The molecule has 0 aromatic rings. The number of hydrogen-bond acceptors (Lipinski definition) is 5. The lowest BCUT2D eigenvalue weighted by atomic mass is 10.1. The number of nitrogens with one attached hydrogen (secondary N) is 2. The molecule has 6 nitrogen and oxygen atoms in total. The van der Waals surface area contributed by atoms with Gasteiger partial charge in [-0.25, -0.2) is 0 Å². The molecule has 0 radical (unpaired) electrons. The van der Waals surface area contributed by atoms with Crippen molar-refractivity contribution in [3.05, 3.63) is 0 Å². The van der Waals surface area contributed by atoms with Gasteiger partial charge in [-0.15, -0.1) is 0 Å². The standard InChI is InChI=1S/C14H33N3O.C2HF3O2/c1-5-17-13(12-16-10-7-9-15)8-6-11-18-14(2,3)4;3-2(4,5)1(6)7/h13,16-17H,5-12,15H2,1-4H3;(H,6,7)/t13-;/m0./s1. The molecule has 152 valence electrons. The van der Waals surface area contributed by atoms with Crippen molar-refractivity contribution < 1.29 is 33.5 Å². The Bertz CT molecular complexity index is 335. The number of ether oxygens (including phenoxy) is 1. The Morgan fingerprint density at radius 2 is 1.80 bits per heavy atom. The third-order valence-corrected chi connectivity index (χ3v) is 2.95. The van der Waals surface area contributed by atoms with Crippen LogP contribution in [0.3, 0.4) is 0 Å². The van der Waals surface area contributed by atoms with E-state index in [2.05, 4.69) is 44.1 Å². The SMILES string of the molecule is CCN[C@@H](CCCOC(C)(C)C)CNCCC[NH3+].O=C([O-])C(F)(F)F. The molecule has 0 bridgehead atoms. The first-order valence-corrected chi connectivity index (χ1v) is 8.59. The van der Waals surface area contributed by atoms with Crippen LogP contribution < -0.4 is 21.5 Å². The van der Waals surface area contributed by atoms with Crippen LogP contribution in [0.15, 0.2) is 0 Å². The maximum Gasteiger partial charge on any atom is 0.430 e. The highest BCUT2D eigenvalue weighted by Gasteiger charge is 2.28. The van der Waals surface area contributed by atoms with E-state index in [4.69, 9.17) is 14.6 Å². The summed E-state index contributed by atoms with van der Waals surface area (Å²) in [5.74, 6) is -3.01. The minimum absolute atomic E-state index is 0.0138. The maximum atomic E-state index is 10.5. The van der Waals surface area contributed by atoms with Crippen molar-refractivity contribution >= 4 is 5.97 Å². The highest BCUT2D eigenvalue weighted by atomic mass is 19.4. The van der Waals surface area contributed by atoms with E-state index >= 15 is 0 Å². The largest absolute Gasteiger partial charge is 0.542 e. The van der Waals surface area contributed by atoms with E-state index in [1.807, 2.05) is 0 Å². The average molecular weight is 373 g/mol. The van der Waals surface area contributed by atoms with Crippen molar-refractivity contribution in [1.82, 2.24) is 10.6 Å². The van der Waals surface area contributed by atoms with E-state index in [1.54, 1.807) is 0 Å². The summed E-state index contributed by atoms with van der Waals surface area (Å²) in [6, 6.07) is 0.559. The fourth-order valence-electron chi connectivity index (χ4n) is 1.80. The minimum atomic E-state index is -5.19. The number of carboxylic acid groups (broad SMARTS) is 1. The molecule has 5 N–H and O–H groups in total. The van der Waals surface area contributed by atoms with E-state index in [9.17, 15) is 13.2 Å². The second-order valence-electron chi connectivity index (χ2n) is 6.55. The van der Waals surface area contributed by atoms with Gasteiger partial charge < -0.3 is 31.0 Å². The second-order valence-corrected chi connectivity index (χ2v) is 6.55. The van der Waals surface area contributed by atoms with E-state index in [1.165, 1.54) is 6.42 Å². The van der Waals surface area contributed by atoms with Crippen molar-refractivity contribution in [2.24, 2.45) is 0 Å². The molecule has 0 rings (SSSR count). The first-order valence-electron chi connectivity index (χ1n) is 8.59. The van der Waals surface area contributed by atoms with Gasteiger partial charge in [0.2, 0.25) is 0 Å². The molecule has 0 fully saturated rings. The zero-order valence-electron chi connectivity index (χ0n) is 15.8. The molecule has 0 aliphatic carbocycles. The predicted octanol–water partition coefficient (Wildman–Crippen LogP) is 0.0800. The first-order chi connectivity index (χ1) is 11.4. The number of likely N-dealkylation sites (N-methyl/N-ethyl adjacent to an activating group) is 1. The van der Waals surface area contributed by atoms with Gasteiger partial charge in [-0.3, -0.25) is 0 Å². The summed E-state index contributed by atoms with van der Waals surface area (Å²) in [4.78, 5) is 8.78. The van der Waals surface area contributed by atoms with E-state index in [-0.39, 0.29) is 5.60 Å². The van der Waals surface area contributed by atoms with Crippen molar-refractivity contribution in [3.63, 3.8) is 0 Å². The Morgan fingerprint density at radius 1 is 1.24 bits per heavy atom. The van der Waals surface area contributed by atoms with Crippen LogP contribution in [-0.4, -0.2) is 56.6 Å². The second kappa shape index (κ2) is 14.3. The molecule has 1 atom stereocenters. The lowest BCUT2D eigenvalue weighted by Gasteiger charge is -2.22. The monoisotopic (exact) mass is 373 g/mol. The third-order valence-electron chi connectivity index (χ3n) is 2.95. The molecular weight excluding hydrogens is 339 g/mol. The van der Waals surface area contributed by atoms with Gasteiger partial charge in [0.1, 0.15) is 5.97 Å². The van der Waals surface area contributed by atoms with Crippen LogP contribution in [0.25, 0.3) is 0 Å². The quantitative estimate of drug-likeness (QED) is 0.445. The van der Waals surface area contributed by atoms with Gasteiger partial charge in [-0.1, -0.05) is 6.92 Å². The maximum absolute atomic E-state index is 10.5. The molecule has 0 amide bonds. The van der Waals surface area contributed by atoms with Gasteiger partial charge in [0.05, 0.1) is 12.1 Å². The highest BCUT2D eigenvalue weighted by Crippen LogP contribution is 2.11. The third kappa shape index (κ3) is 21.1. The molecular formula is C16H34F3N3O3. The Balaban J connectivity index is 0. The zero-order valence-corrected chi connectivity index (χ0v) is 15.8. The number of quaternary nitrogens is 1. The van der Waals surface area contributed by atoms with E-state index < -0.39 is 12.1 Å². The highest BCUT2D eigenvalue weighted by molar-refractivity contribution is 5.70. The fourth-order valence-corrected chi connectivity index (χ4v) is 1.80. The number of rotatable bonds is 11. The molecule has 0 heterocycles. The minimum Gasteiger partial charge on any atom is -0.542 e. The molecule has 0 aromatic carbocycles. The molecule has 0 saturated carbocycles. The summed E-state index contributed by atoms with van der Waals surface area (Å²) < 4.78 is 37.3. The lowest BCUT2D eigenvalue weighted by molar-refractivity contribution is -0.367. The van der Waals surface area contributed by atoms with Gasteiger partial charge in [0.15, 0.2) is 0 Å². The van der Waals surface area contributed by atoms with Crippen LogP contribution in [0.2, 0.25) is 0 Å². The molecule has 0 spiro atoms. The van der Waals surface area contributed by atoms with Crippen LogP contribution in [0.5, 0.6) is 0 Å². The average Bonchev–Trinajstić information content (AvgIpc) is 2.46. The number of hydrogen-bond donors (Lipinski definition) is 3. The summed E-state index contributed by atoms with van der Waals surface area (Å²) >= 11 is 0. The summed E-state index contributed by atoms with van der Waals surface area (Å²) in [7, 11) is 0. The van der Waals surface area contributed by atoms with Crippen LogP contribution in [-0.2, 0) is 9.53 Å². The van der Waals surface area contributed by atoms with E-state index in [0.717, 1.165) is 45.6 Å². The Kier molecular flexibility index (Phi) is 15.0. The molecule has 25 heavy (non-hydrogen) atoms. The van der Waals surface area contributed by atoms with Crippen LogP contribution in [0.1, 0.15) is 47.0 Å². The summed E-state index contributed by atoms with van der Waals surface area (Å²) in [6.45, 7) is 13.5. The smallest absolute Gasteiger partial charge is 0.430 e. The van der Waals surface area contributed by atoms with Crippen molar-refractivity contribution in [2.75, 3.05) is 32.8 Å². The van der Waals surface area contributed by atoms with Crippen LogP contribution >= 0.6 is 0 Å². The van der Waals surface area contributed by atoms with Gasteiger partial charge in [0.25, 0.3) is 0 Å². The number of halogens is 3. The van der Waals surface area contributed by atoms with E-state index in [0.29, 0.717) is 6.04 Å². The number of alkyl halides is 3. The molecule has 0 aromatic heterocycles. The van der Waals surface area contributed by atoms with Crippen molar-refractivity contribution in [3.8, 4) is 0 Å². The van der Waals surface area contributed by atoms with Gasteiger partial charge >= 0.3 is 6.18 Å². The molecule has 9 heteroatoms. The van der Waals surface area contributed by atoms with Crippen molar-refractivity contribution in [1.29, 1.82) is 0 Å². The zero-order chi connectivity index (χ0) is 19.9. The first kappa shape index (κ1) is 26.3. The summed E-state index contributed by atoms with van der Waals surface area (Å²) in [6.07, 6.45) is -1.75. The molecule has 0 saturated heterocycles. The molecule has 0 aliphatic heterocycles. The normalized spacial score (nSPS) is 13.1. The van der Waals surface area contributed by atoms with Gasteiger partial charge in [0, 0.05) is 32.2 Å². The van der Waals surface area contributed by atoms with Crippen LogP contribution in [0.4, 0.5) is 13.2 Å². The Hall–Kier alpha value is -0.900. The fraction of sp³-hybridized carbons (Fsp3) is 0.938. The Morgan fingerprint density at radius 3 is 2.20 bits per heavy atom. The molecule has 0 aliphatic rings. The number of carbonyl (C=O) groups excluding carboxylic acids is 1. The summed E-state index contributed by atoms with van der Waals surface area (Å²) in [5, 5.41) is 15.8. The summed E-state index contributed by atoms with van der Waals surface area (Å²) in [5.41, 5.74) is 3.84.